The van der Waals surface area contributed by atoms with E-state index in [2.05, 4.69) is 21.0 Å². The summed E-state index contributed by atoms with van der Waals surface area (Å²) in [6.45, 7) is 0. The van der Waals surface area contributed by atoms with Crippen LogP contribution in [0.15, 0.2) is 35.1 Å². The number of anilines is 1. The molecule has 17 heavy (non-hydrogen) atoms. The predicted octanol–water partition coefficient (Wildman–Crippen LogP) is 3.24. The van der Waals surface area contributed by atoms with Crippen LogP contribution in [0, 0.1) is 0 Å². The number of hydrogen-bond acceptors (Lipinski definition) is 2. The van der Waals surface area contributed by atoms with Gasteiger partial charge in [-0.2, -0.15) is 18.3 Å². The molecule has 0 fully saturated rings. The summed E-state index contributed by atoms with van der Waals surface area (Å²) < 4.78 is 39.0. The fraction of sp³-hybridized carbons (Fsp3) is 0.100. The summed E-state index contributed by atoms with van der Waals surface area (Å²) in [7, 11) is 0. The first-order valence-corrected chi connectivity index (χ1v) is 5.34. The number of nitrogens with two attached hydrogens (primary N) is 1. The van der Waals surface area contributed by atoms with Crippen molar-refractivity contribution in [3.63, 3.8) is 0 Å². The van der Waals surface area contributed by atoms with Crippen LogP contribution >= 0.6 is 15.9 Å². The number of benzene rings is 1. The summed E-state index contributed by atoms with van der Waals surface area (Å²) in [6.07, 6.45) is -2.73. The van der Waals surface area contributed by atoms with E-state index in [9.17, 15) is 13.2 Å². The van der Waals surface area contributed by atoms with E-state index in [4.69, 9.17) is 5.73 Å². The lowest BCUT2D eigenvalue weighted by Gasteiger charge is -2.06. The molecule has 1 aromatic heterocycles. The fourth-order valence-electron chi connectivity index (χ4n) is 1.33. The van der Waals surface area contributed by atoms with Crippen molar-refractivity contribution in [2.45, 2.75) is 6.18 Å². The molecule has 1 aromatic carbocycles. The molecule has 0 bridgehead atoms. The van der Waals surface area contributed by atoms with Crippen LogP contribution in [-0.2, 0) is 6.18 Å². The summed E-state index contributed by atoms with van der Waals surface area (Å²) in [5.41, 5.74) is 5.64. The molecule has 0 aliphatic heterocycles. The quantitative estimate of drug-likeness (QED) is 0.822. The highest BCUT2D eigenvalue weighted by molar-refractivity contribution is 9.10. The van der Waals surface area contributed by atoms with Crippen molar-refractivity contribution < 1.29 is 13.2 Å². The molecular formula is C10H7BrF3N3. The third-order valence-corrected chi connectivity index (χ3v) is 2.64. The highest BCUT2D eigenvalue weighted by atomic mass is 79.9. The summed E-state index contributed by atoms with van der Waals surface area (Å²) in [4.78, 5) is 0. The van der Waals surface area contributed by atoms with Crippen molar-refractivity contribution in [3.05, 3.63) is 40.6 Å². The van der Waals surface area contributed by atoms with Crippen LogP contribution in [0.25, 0.3) is 5.69 Å². The minimum absolute atomic E-state index is 0.344. The molecule has 90 valence electrons. The number of hydrogen-bond donors (Lipinski definition) is 1. The Morgan fingerprint density at radius 3 is 2.53 bits per heavy atom. The molecule has 2 aromatic rings. The number of aromatic nitrogens is 2. The lowest BCUT2D eigenvalue weighted by molar-refractivity contribution is -0.137. The number of rotatable bonds is 1. The van der Waals surface area contributed by atoms with Crippen LogP contribution in [-0.4, -0.2) is 9.78 Å². The zero-order valence-electron chi connectivity index (χ0n) is 8.37. The third kappa shape index (κ3) is 2.44. The lowest BCUT2D eigenvalue weighted by Crippen LogP contribution is -2.03. The van der Waals surface area contributed by atoms with Gasteiger partial charge in [-0.1, -0.05) is 15.9 Å². The molecule has 0 aliphatic carbocycles. The van der Waals surface area contributed by atoms with E-state index in [1.807, 2.05) is 0 Å². The van der Waals surface area contributed by atoms with E-state index in [1.165, 1.54) is 0 Å². The first-order chi connectivity index (χ1) is 7.88. The Morgan fingerprint density at radius 2 is 2.00 bits per heavy atom. The van der Waals surface area contributed by atoms with Gasteiger partial charge in [0.05, 0.1) is 23.1 Å². The molecule has 0 amide bonds. The lowest BCUT2D eigenvalue weighted by atomic mass is 10.3. The molecule has 2 rings (SSSR count). The molecule has 0 spiro atoms. The van der Waals surface area contributed by atoms with Gasteiger partial charge in [-0.05, 0) is 18.2 Å². The second-order valence-electron chi connectivity index (χ2n) is 3.37. The summed E-state index contributed by atoms with van der Waals surface area (Å²) in [5.74, 6) is 0. The third-order valence-electron chi connectivity index (χ3n) is 2.15. The summed E-state index contributed by atoms with van der Waals surface area (Å²) in [5, 5.41) is 3.64. The van der Waals surface area contributed by atoms with E-state index in [0.29, 0.717) is 11.4 Å². The van der Waals surface area contributed by atoms with Crippen LogP contribution in [0.4, 0.5) is 18.9 Å². The maximum atomic E-state index is 12.4. The van der Waals surface area contributed by atoms with E-state index in [-0.39, 0.29) is 0 Å². The van der Waals surface area contributed by atoms with Crippen molar-refractivity contribution in [2.24, 2.45) is 0 Å². The Kier molecular flexibility index (Phi) is 2.86. The van der Waals surface area contributed by atoms with Crippen LogP contribution in [0.3, 0.4) is 0 Å². The standard InChI is InChI=1S/C10H7BrF3N3/c11-7-1-2-9(8(15)3-7)17-5-6(4-16-17)10(12,13)14/h1-5H,15H2. The number of nitrogen functional groups attached to an aromatic ring is 1. The van der Waals surface area contributed by atoms with E-state index < -0.39 is 11.7 Å². The van der Waals surface area contributed by atoms with Crippen molar-refractivity contribution in [1.82, 2.24) is 9.78 Å². The van der Waals surface area contributed by atoms with Gasteiger partial charge in [0, 0.05) is 10.7 Å². The molecule has 0 aliphatic rings. The Labute approximate surface area is 103 Å². The van der Waals surface area contributed by atoms with Crippen LogP contribution in [0.2, 0.25) is 0 Å². The van der Waals surface area contributed by atoms with E-state index >= 15 is 0 Å². The van der Waals surface area contributed by atoms with Gasteiger partial charge in [0.1, 0.15) is 0 Å². The normalized spacial score (nSPS) is 11.8. The molecule has 0 saturated heterocycles. The number of alkyl halides is 3. The minimum Gasteiger partial charge on any atom is -0.397 e. The summed E-state index contributed by atoms with van der Waals surface area (Å²) in [6, 6.07) is 4.87. The highest BCUT2D eigenvalue weighted by Crippen LogP contribution is 2.30. The maximum absolute atomic E-state index is 12.4. The number of nitrogens with zero attached hydrogens (tertiary/aromatic N) is 2. The highest BCUT2D eigenvalue weighted by Gasteiger charge is 2.32. The van der Waals surface area contributed by atoms with Gasteiger partial charge >= 0.3 is 6.18 Å². The monoisotopic (exact) mass is 305 g/mol. The largest absolute Gasteiger partial charge is 0.419 e. The molecule has 3 nitrogen and oxygen atoms in total. The van der Waals surface area contributed by atoms with Crippen LogP contribution in [0.5, 0.6) is 0 Å². The SMILES string of the molecule is Nc1cc(Br)ccc1-n1cc(C(F)(F)F)cn1. The zero-order valence-corrected chi connectivity index (χ0v) is 9.96. The molecule has 2 N–H and O–H groups in total. The fourth-order valence-corrected chi connectivity index (χ4v) is 1.71. The molecule has 0 saturated carbocycles. The number of halogens is 4. The van der Waals surface area contributed by atoms with Crippen molar-refractivity contribution >= 4 is 21.6 Å². The Balaban J connectivity index is 2.44. The zero-order chi connectivity index (χ0) is 12.6. The first kappa shape index (κ1) is 12.0. The molecule has 0 unspecified atom stereocenters. The molecule has 7 heteroatoms. The molecule has 0 radical (unpaired) electrons. The van der Waals surface area contributed by atoms with Gasteiger partial charge in [0.15, 0.2) is 0 Å². The average molecular weight is 306 g/mol. The molecule has 0 atom stereocenters. The Bertz CT molecular complexity index is 548. The summed E-state index contributed by atoms with van der Waals surface area (Å²) >= 11 is 3.22. The topological polar surface area (TPSA) is 43.8 Å². The second-order valence-corrected chi connectivity index (χ2v) is 4.29. The van der Waals surface area contributed by atoms with Crippen molar-refractivity contribution in [1.29, 1.82) is 0 Å². The van der Waals surface area contributed by atoms with E-state index in [1.54, 1.807) is 18.2 Å². The smallest absolute Gasteiger partial charge is 0.397 e. The van der Waals surface area contributed by atoms with E-state index in [0.717, 1.165) is 21.5 Å². The molecular weight excluding hydrogens is 299 g/mol. The van der Waals surface area contributed by atoms with Gasteiger partial charge < -0.3 is 5.73 Å². The van der Waals surface area contributed by atoms with Crippen LogP contribution in [0.1, 0.15) is 5.56 Å². The first-order valence-electron chi connectivity index (χ1n) is 4.55. The van der Waals surface area contributed by atoms with Gasteiger partial charge in [0.25, 0.3) is 0 Å². The van der Waals surface area contributed by atoms with Gasteiger partial charge in [0.2, 0.25) is 0 Å². The molecule has 1 heterocycles. The Morgan fingerprint density at radius 1 is 1.29 bits per heavy atom. The second kappa shape index (κ2) is 4.06. The van der Waals surface area contributed by atoms with Gasteiger partial charge in [-0.25, -0.2) is 4.68 Å². The van der Waals surface area contributed by atoms with Crippen LogP contribution < -0.4 is 5.73 Å². The average Bonchev–Trinajstić information content (AvgIpc) is 2.65. The van der Waals surface area contributed by atoms with Gasteiger partial charge in [-0.15, -0.1) is 0 Å². The van der Waals surface area contributed by atoms with Gasteiger partial charge in [-0.3, -0.25) is 0 Å². The predicted molar refractivity (Wildman–Crippen MR) is 60.7 cm³/mol. The minimum atomic E-state index is -4.40. The van der Waals surface area contributed by atoms with Crippen molar-refractivity contribution in [2.75, 3.05) is 5.73 Å². The maximum Gasteiger partial charge on any atom is 0.419 e. The van der Waals surface area contributed by atoms with Crippen molar-refractivity contribution in [3.8, 4) is 5.69 Å². The Hall–Kier alpha value is -1.50.